The number of nitrogens with zero attached hydrogens (tertiary/aromatic N) is 1. The van der Waals surface area contributed by atoms with Crippen LogP contribution in [0, 0.1) is 17.1 Å². The molecular formula is C14H17FN2O2S2. The molecule has 0 saturated heterocycles. The lowest BCUT2D eigenvalue weighted by Gasteiger charge is -2.19. The Bertz CT molecular complexity index is 655. The van der Waals surface area contributed by atoms with Crippen LogP contribution >= 0.6 is 11.8 Å². The van der Waals surface area contributed by atoms with Crippen LogP contribution in [0.2, 0.25) is 0 Å². The highest BCUT2D eigenvalue weighted by Gasteiger charge is 2.30. The summed E-state index contributed by atoms with van der Waals surface area (Å²) in [5.74, 6) is -1.04. The molecule has 1 fully saturated rings. The molecule has 2 atom stereocenters. The third-order valence-corrected chi connectivity index (χ3v) is 6.13. The van der Waals surface area contributed by atoms with Crippen molar-refractivity contribution >= 4 is 21.8 Å². The molecule has 1 aromatic carbocycles. The van der Waals surface area contributed by atoms with E-state index < -0.39 is 21.6 Å². The van der Waals surface area contributed by atoms with Crippen LogP contribution in [-0.2, 0) is 15.8 Å². The van der Waals surface area contributed by atoms with Crippen molar-refractivity contribution in [2.45, 2.75) is 36.3 Å². The molecule has 1 N–H and O–H groups in total. The summed E-state index contributed by atoms with van der Waals surface area (Å²) in [7, 11) is -3.62. The molecule has 0 spiro atoms. The normalized spacial score (nSPS) is 22.1. The fraction of sp³-hybridized carbons (Fsp3) is 0.500. The van der Waals surface area contributed by atoms with Gasteiger partial charge < -0.3 is 0 Å². The maximum Gasteiger partial charge on any atom is 0.216 e. The van der Waals surface area contributed by atoms with E-state index >= 15 is 0 Å². The molecular weight excluding hydrogens is 311 g/mol. The molecule has 114 valence electrons. The predicted molar refractivity (Wildman–Crippen MR) is 81.8 cm³/mol. The standard InChI is InChI=1S/C14H17FN2O2S2/c1-20-14-4-2-3-13(14)17-21(18,19)9-11-7-10(8-16)5-6-12(11)15/h5-7,13-14,17H,2-4,9H2,1H3/t13-,14-/m0/s1. The fourth-order valence-electron chi connectivity index (χ4n) is 2.57. The zero-order chi connectivity index (χ0) is 15.5. The third kappa shape index (κ3) is 4.19. The Morgan fingerprint density at radius 2 is 2.24 bits per heavy atom. The van der Waals surface area contributed by atoms with Crippen molar-refractivity contribution in [3.05, 3.63) is 35.1 Å². The molecule has 0 unspecified atom stereocenters. The van der Waals surface area contributed by atoms with E-state index in [4.69, 9.17) is 5.26 Å². The molecule has 21 heavy (non-hydrogen) atoms. The van der Waals surface area contributed by atoms with Crippen molar-refractivity contribution in [3.63, 3.8) is 0 Å². The van der Waals surface area contributed by atoms with E-state index in [-0.39, 0.29) is 22.4 Å². The van der Waals surface area contributed by atoms with Crippen LogP contribution in [0.3, 0.4) is 0 Å². The highest BCUT2D eigenvalue weighted by molar-refractivity contribution is 7.99. The first-order chi connectivity index (χ1) is 9.95. The van der Waals surface area contributed by atoms with Crippen molar-refractivity contribution in [2.75, 3.05) is 6.26 Å². The van der Waals surface area contributed by atoms with Crippen molar-refractivity contribution in [1.29, 1.82) is 5.26 Å². The van der Waals surface area contributed by atoms with Gasteiger partial charge in [-0.3, -0.25) is 0 Å². The molecule has 1 aromatic rings. The number of halogens is 1. The van der Waals surface area contributed by atoms with Crippen LogP contribution in [0.25, 0.3) is 0 Å². The lowest BCUT2D eigenvalue weighted by molar-refractivity contribution is 0.551. The number of thioether (sulfide) groups is 1. The van der Waals surface area contributed by atoms with Gasteiger partial charge >= 0.3 is 0 Å². The minimum atomic E-state index is -3.62. The van der Waals surface area contributed by atoms with Gasteiger partial charge in [0.2, 0.25) is 10.0 Å². The van der Waals surface area contributed by atoms with E-state index in [2.05, 4.69) is 4.72 Å². The summed E-state index contributed by atoms with van der Waals surface area (Å²) in [6.45, 7) is 0. The highest BCUT2D eigenvalue weighted by atomic mass is 32.2. The topological polar surface area (TPSA) is 70.0 Å². The predicted octanol–water partition coefficient (Wildman–Crippen LogP) is 2.40. The van der Waals surface area contributed by atoms with Gasteiger partial charge in [-0.15, -0.1) is 0 Å². The maximum absolute atomic E-state index is 13.7. The van der Waals surface area contributed by atoms with Crippen molar-refractivity contribution in [2.24, 2.45) is 0 Å². The number of benzene rings is 1. The second-order valence-electron chi connectivity index (χ2n) is 5.11. The smallest absolute Gasteiger partial charge is 0.212 e. The van der Waals surface area contributed by atoms with Gasteiger partial charge in [-0.05, 0) is 37.3 Å². The molecule has 0 aromatic heterocycles. The van der Waals surface area contributed by atoms with E-state index in [1.807, 2.05) is 12.3 Å². The van der Waals surface area contributed by atoms with Crippen molar-refractivity contribution in [1.82, 2.24) is 4.72 Å². The lowest BCUT2D eigenvalue weighted by Crippen LogP contribution is -2.39. The van der Waals surface area contributed by atoms with Gasteiger partial charge in [-0.25, -0.2) is 17.5 Å². The van der Waals surface area contributed by atoms with E-state index in [9.17, 15) is 12.8 Å². The van der Waals surface area contributed by atoms with Gasteiger partial charge in [-0.1, -0.05) is 6.42 Å². The molecule has 0 heterocycles. The molecule has 0 aliphatic heterocycles. The molecule has 2 rings (SSSR count). The lowest BCUT2D eigenvalue weighted by atomic mass is 10.1. The Morgan fingerprint density at radius 3 is 2.90 bits per heavy atom. The van der Waals surface area contributed by atoms with Gasteiger partial charge in [0.15, 0.2) is 0 Å². The van der Waals surface area contributed by atoms with Crippen LogP contribution in [0.15, 0.2) is 18.2 Å². The minimum Gasteiger partial charge on any atom is -0.212 e. The third-order valence-electron chi connectivity index (χ3n) is 3.61. The van der Waals surface area contributed by atoms with E-state index in [0.717, 1.165) is 25.3 Å². The number of rotatable bonds is 5. The molecule has 7 heteroatoms. The van der Waals surface area contributed by atoms with Gasteiger partial charge in [0, 0.05) is 16.9 Å². The first-order valence-corrected chi connectivity index (χ1v) is 9.60. The minimum absolute atomic E-state index is 0.0280. The molecule has 0 radical (unpaired) electrons. The zero-order valence-electron chi connectivity index (χ0n) is 11.7. The summed E-state index contributed by atoms with van der Waals surface area (Å²) in [5, 5.41) is 9.08. The first kappa shape index (κ1) is 16.3. The number of sulfonamides is 1. The average molecular weight is 328 g/mol. The summed E-state index contributed by atoms with van der Waals surface area (Å²) >= 11 is 1.65. The molecule has 0 bridgehead atoms. The van der Waals surface area contributed by atoms with Crippen LogP contribution in [0.5, 0.6) is 0 Å². The Labute approximate surface area is 128 Å². The summed E-state index contributed by atoms with van der Waals surface area (Å²) in [5.41, 5.74) is 0.282. The number of hydrogen-bond acceptors (Lipinski definition) is 4. The molecule has 1 aliphatic rings. The van der Waals surface area contributed by atoms with E-state index in [1.165, 1.54) is 12.1 Å². The van der Waals surface area contributed by atoms with Gasteiger partial charge in [-0.2, -0.15) is 17.0 Å². The molecule has 0 amide bonds. The van der Waals surface area contributed by atoms with Crippen LogP contribution in [0.1, 0.15) is 30.4 Å². The summed E-state index contributed by atoms with van der Waals surface area (Å²) in [4.78, 5) is 0. The summed E-state index contributed by atoms with van der Waals surface area (Å²) < 4.78 is 40.8. The fourth-order valence-corrected chi connectivity index (χ4v) is 5.05. The number of hydrogen-bond donors (Lipinski definition) is 1. The van der Waals surface area contributed by atoms with Gasteiger partial charge in [0.05, 0.1) is 17.4 Å². The SMILES string of the molecule is CS[C@H]1CCC[C@@H]1NS(=O)(=O)Cc1cc(C#N)ccc1F. The quantitative estimate of drug-likeness (QED) is 0.901. The van der Waals surface area contributed by atoms with Gasteiger partial charge in [0.1, 0.15) is 5.82 Å². The average Bonchev–Trinajstić information content (AvgIpc) is 2.87. The second kappa shape index (κ2) is 6.77. The maximum atomic E-state index is 13.7. The highest BCUT2D eigenvalue weighted by Crippen LogP contribution is 2.29. The summed E-state index contributed by atoms with van der Waals surface area (Å²) in [6, 6.07) is 5.54. The molecule has 1 aliphatic carbocycles. The Morgan fingerprint density at radius 1 is 1.48 bits per heavy atom. The summed E-state index contributed by atoms with van der Waals surface area (Å²) in [6.07, 6.45) is 4.77. The van der Waals surface area contributed by atoms with Gasteiger partial charge in [0.25, 0.3) is 0 Å². The Kier molecular flexibility index (Phi) is 5.25. The first-order valence-electron chi connectivity index (χ1n) is 6.66. The van der Waals surface area contributed by atoms with Crippen molar-refractivity contribution < 1.29 is 12.8 Å². The number of nitriles is 1. The monoisotopic (exact) mass is 328 g/mol. The van der Waals surface area contributed by atoms with E-state index in [1.54, 1.807) is 11.8 Å². The Balaban J connectivity index is 2.13. The second-order valence-corrected chi connectivity index (χ2v) is 7.94. The Hall–Kier alpha value is -1.10. The molecule has 4 nitrogen and oxygen atoms in total. The van der Waals surface area contributed by atoms with Crippen molar-refractivity contribution in [3.8, 4) is 6.07 Å². The zero-order valence-corrected chi connectivity index (χ0v) is 13.3. The van der Waals surface area contributed by atoms with E-state index in [0.29, 0.717) is 0 Å². The molecule has 1 saturated carbocycles. The van der Waals surface area contributed by atoms with Crippen LogP contribution in [0.4, 0.5) is 4.39 Å². The van der Waals surface area contributed by atoms with Crippen LogP contribution < -0.4 is 4.72 Å². The van der Waals surface area contributed by atoms with Crippen LogP contribution in [-0.4, -0.2) is 26.0 Å². The number of nitrogens with one attached hydrogen (secondary N) is 1. The largest absolute Gasteiger partial charge is 0.216 e.